The Bertz CT molecular complexity index is 2950. The predicted octanol–water partition coefficient (Wildman–Crippen LogP) is 7.05. The second kappa shape index (κ2) is 30.1. The highest BCUT2D eigenvalue weighted by Gasteiger charge is 2.63. The van der Waals surface area contributed by atoms with Crippen LogP contribution in [0.25, 0.3) is 0 Å². The van der Waals surface area contributed by atoms with E-state index in [1.807, 2.05) is 48.6 Å². The quantitative estimate of drug-likeness (QED) is 0.0920. The molecular formula is C67H94N8O15. The summed E-state index contributed by atoms with van der Waals surface area (Å²) in [6.45, 7) is 17.1. The first kappa shape index (κ1) is 68.4. The molecule has 2 aromatic carbocycles. The summed E-state index contributed by atoms with van der Waals surface area (Å²) in [6, 6.07) is 12.5. The molecule has 0 radical (unpaired) electrons. The van der Waals surface area contributed by atoms with E-state index < -0.39 is 113 Å². The Morgan fingerprint density at radius 1 is 0.600 bits per heavy atom. The van der Waals surface area contributed by atoms with Crippen LogP contribution in [0.2, 0.25) is 0 Å². The zero-order chi connectivity index (χ0) is 65.0. The van der Waals surface area contributed by atoms with Crippen LogP contribution in [-0.4, -0.2) is 159 Å². The highest BCUT2D eigenvalue weighted by molar-refractivity contribution is 5.98. The molecule has 90 heavy (non-hydrogen) atoms. The van der Waals surface area contributed by atoms with E-state index in [2.05, 4.69) is 50.8 Å². The van der Waals surface area contributed by atoms with Gasteiger partial charge in [0.2, 0.25) is 23.6 Å². The van der Waals surface area contributed by atoms with Crippen LogP contribution in [-0.2, 0) is 78.6 Å². The summed E-state index contributed by atoms with van der Waals surface area (Å²) in [6.07, 6.45) is 12.3. The number of nitrogens with zero attached hydrogens (tertiary/aromatic N) is 3. The number of carbonyl (C=O) groups excluding carboxylic acids is 9. The fraction of sp³-hybridized carbons (Fsp3) is 0.627. The number of hydrogen-bond donors (Lipinski definition) is 6. The van der Waals surface area contributed by atoms with Gasteiger partial charge in [-0.25, -0.2) is 24.0 Å². The first-order valence-corrected chi connectivity index (χ1v) is 32.2. The van der Waals surface area contributed by atoms with Crippen LogP contribution >= 0.6 is 0 Å². The zero-order valence-electron chi connectivity index (χ0n) is 53.6. The van der Waals surface area contributed by atoms with Crippen molar-refractivity contribution in [2.24, 2.45) is 11.8 Å². The fourth-order valence-electron chi connectivity index (χ4n) is 12.5. The number of rotatable bonds is 7. The van der Waals surface area contributed by atoms with Gasteiger partial charge in [-0.3, -0.25) is 24.1 Å². The SMILES string of the molecule is CCOC(=O)[C@@]12C[C@H]1/C=C\CCCCC[C@H](NC(=O)OC(C)(C)C)C(=O)N1C[C@H](O)C[C@H]1C(=O)N2.CCOC(=O)[C@@]12C[C@H]1/C=C\CCCCC[C@H](NC(=O)OC(C)(C)C)C(=O)N1C[C@H](OC(=O)N3Cc4ccccc4C3)C[C@H]1C(=O)N2.c1ccc2c(c1)CNC2. The summed E-state index contributed by atoms with van der Waals surface area (Å²) in [5.74, 6) is -3.36. The number of hydrogen-bond acceptors (Lipinski definition) is 16. The number of aliphatic hydroxyl groups excluding tert-OH is 1. The number of alkyl carbamates (subject to hydrolysis) is 2. The highest BCUT2D eigenvalue weighted by atomic mass is 16.6. The van der Waals surface area contributed by atoms with Crippen molar-refractivity contribution < 1.29 is 71.9 Å². The monoisotopic (exact) mass is 1250 g/mol. The van der Waals surface area contributed by atoms with Crippen molar-refractivity contribution in [1.82, 2.24) is 41.3 Å². The molecule has 4 fully saturated rings. The Balaban J connectivity index is 0.000000208. The first-order chi connectivity index (χ1) is 42.8. The Hall–Kier alpha value is -7.53. The minimum Gasteiger partial charge on any atom is -0.464 e. The summed E-state index contributed by atoms with van der Waals surface area (Å²) in [5.41, 5.74) is 1.13. The molecule has 0 spiro atoms. The molecule has 492 valence electrons. The zero-order valence-corrected chi connectivity index (χ0v) is 53.6. The fourth-order valence-corrected chi connectivity index (χ4v) is 12.5. The van der Waals surface area contributed by atoms with E-state index in [9.17, 15) is 48.3 Å². The number of carbonyl (C=O) groups is 9. The second-order valence-corrected chi connectivity index (χ2v) is 26.7. The maximum Gasteiger partial charge on any atom is 0.410 e. The lowest BCUT2D eigenvalue weighted by molar-refractivity contribution is -0.150. The van der Waals surface area contributed by atoms with E-state index in [-0.39, 0.29) is 51.0 Å². The second-order valence-electron chi connectivity index (χ2n) is 26.7. The average Bonchev–Trinajstić information content (AvgIpc) is 1.59. The van der Waals surface area contributed by atoms with Crippen molar-refractivity contribution >= 4 is 53.8 Å². The van der Waals surface area contributed by atoms with Gasteiger partial charge in [0.15, 0.2) is 0 Å². The third kappa shape index (κ3) is 17.9. The van der Waals surface area contributed by atoms with Gasteiger partial charge in [-0.15, -0.1) is 0 Å². The number of nitrogens with one attached hydrogen (secondary N) is 5. The number of aliphatic hydroxyl groups is 1. The predicted molar refractivity (Wildman–Crippen MR) is 331 cm³/mol. The molecule has 0 unspecified atom stereocenters. The normalized spacial score (nSPS) is 29.0. The summed E-state index contributed by atoms with van der Waals surface area (Å²) in [4.78, 5) is 124. The van der Waals surface area contributed by atoms with Gasteiger partial charge in [0.1, 0.15) is 52.6 Å². The Morgan fingerprint density at radius 3 is 1.48 bits per heavy atom. The van der Waals surface area contributed by atoms with Crippen molar-refractivity contribution in [1.29, 1.82) is 0 Å². The number of fused-ring (bicyclic) bond motifs is 6. The van der Waals surface area contributed by atoms with Gasteiger partial charge in [-0.1, -0.05) is 98.5 Å². The van der Waals surface area contributed by atoms with E-state index >= 15 is 0 Å². The van der Waals surface area contributed by atoms with Crippen LogP contribution in [0.1, 0.15) is 168 Å². The van der Waals surface area contributed by atoms with Crippen molar-refractivity contribution in [3.8, 4) is 0 Å². The lowest BCUT2D eigenvalue weighted by Gasteiger charge is -2.30. The molecule has 6 aliphatic heterocycles. The number of ether oxygens (including phenoxy) is 5. The summed E-state index contributed by atoms with van der Waals surface area (Å²) in [7, 11) is 0. The van der Waals surface area contributed by atoms with Crippen LogP contribution in [0.4, 0.5) is 14.4 Å². The van der Waals surface area contributed by atoms with Crippen molar-refractivity contribution in [3.63, 3.8) is 0 Å². The number of benzene rings is 2. The number of amides is 7. The molecule has 8 aliphatic rings. The largest absolute Gasteiger partial charge is 0.464 e. The summed E-state index contributed by atoms with van der Waals surface area (Å²) >= 11 is 0. The van der Waals surface area contributed by atoms with E-state index in [0.717, 1.165) is 62.7 Å². The van der Waals surface area contributed by atoms with Gasteiger partial charge < -0.3 is 65.2 Å². The molecule has 0 aromatic heterocycles. The molecule has 2 aromatic rings. The van der Waals surface area contributed by atoms with E-state index in [1.165, 1.54) is 20.9 Å². The van der Waals surface area contributed by atoms with Gasteiger partial charge in [0.05, 0.1) is 25.9 Å². The molecule has 10 rings (SSSR count). The van der Waals surface area contributed by atoms with Gasteiger partial charge >= 0.3 is 30.2 Å². The Labute approximate surface area is 528 Å². The lowest BCUT2D eigenvalue weighted by Crippen LogP contribution is -2.56. The molecule has 23 nitrogen and oxygen atoms in total. The maximum absolute atomic E-state index is 14.2. The molecule has 23 heteroatoms. The third-order valence-corrected chi connectivity index (χ3v) is 17.3. The summed E-state index contributed by atoms with van der Waals surface area (Å²) < 4.78 is 27.3. The minimum absolute atomic E-state index is 0.0286. The van der Waals surface area contributed by atoms with Crippen molar-refractivity contribution in [3.05, 3.63) is 95.1 Å². The van der Waals surface area contributed by atoms with Crippen molar-refractivity contribution in [2.45, 2.75) is 230 Å². The Morgan fingerprint density at radius 2 is 1.03 bits per heavy atom. The molecule has 2 aliphatic carbocycles. The minimum atomic E-state index is -1.22. The smallest absolute Gasteiger partial charge is 0.410 e. The van der Waals surface area contributed by atoms with E-state index in [1.54, 1.807) is 60.3 Å². The maximum atomic E-state index is 14.2. The van der Waals surface area contributed by atoms with E-state index in [4.69, 9.17) is 23.7 Å². The molecule has 10 atom stereocenters. The van der Waals surface area contributed by atoms with Crippen LogP contribution in [0.3, 0.4) is 0 Å². The summed E-state index contributed by atoms with van der Waals surface area (Å²) in [5, 5.41) is 24.8. The number of allylic oxidation sites excluding steroid dienone is 2. The number of esters is 2. The van der Waals surface area contributed by atoms with Gasteiger partial charge in [-0.05, 0) is 129 Å². The van der Waals surface area contributed by atoms with Gasteiger partial charge in [-0.2, -0.15) is 0 Å². The van der Waals surface area contributed by atoms with Crippen LogP contribution < -0.4 is 26.6 Å². The molecule has 6 heterocycles. The van der Waals surface area contributed by atoms with Gasteiger partial charge in [0.25, 0.3) is 0 Å². The van der Waals surface area contributed by atoms with Gasteiger partial charge in [0, 0.05) is 57.4 Å². The molecule has 7 amide bonds. The third-order valence-electron chi connectivity index (χ3n) is 17.3. The van der Waals surface area contributed by atoms with Crippen LogP contribution in [0.5, 0.6) is 0 Å². The standard InChI is InChI=1S/C34H46N4O8.C25H39N3O7.C8H9N/c1-5-44-30(41)34-18-24(34)15-9-7-6-8-10-16-26(35-31(42)46-33(2,3)4)29(40)38-21-25(17-27(38)28(39)36-34)45-32(43)37-19-22-13-11-12-14-23(22)20-37;1-5-34-22(32)25-14-16(25)11-9-7-6-8-10-12-18(26-23(33)35-24(2,3)4)21(31)28-15-17(29)13-19(28)20(30)27-25;1-2-4-8-6-9-5-7(8)3-1/h9,11-15,24-27H,5-8,10,16-21H2,1-4H3,(H,35,42)(H,36,39);9,11,16-19,29H,5-8,10,12-15H2,1-4H3,(H,26,33)(H,27,30);1-4,9H,5-6H2/b15-9-;11-9-;/t24-,25-,26+,27+,34-;16-,17-,18+,19+,25-;/m11./s1. The lowest BCUT2D eigenvalue weighted by atomic mass is 10.0. The average molecular weight is 1250 g/mol. The molecule has 6 N–H and O–H groups in total. The van der Waals surface area contributed by atoms with Crippen molar-refractivity contribution in [2.75, 3.05) is 26.3 Å². The van der Waals surface area contributed by atoms with Crippen LogP contribution in [0.15, 0.2) is 72.8 Å². The first-order valence-electron chi connectivity index (χ1n) is 32.2. The molecule has 2 saturated carbocycles. The topological polar surface area (TPSA) is 290 Å². The van der Waals surface area contributed by atoms with Crippen LogP contribution in [0, 0.1) is 11.8 Å². The Kier molecular flexibility index (Phi) is 22.8. The highest BCUT2D eigenvalue weighted by Crippen LogP contribution is 2.47. The molecule has 2 saturated heterocycles. The molecule has 0 bridgehead atoms. The van der Waals surface area contributed by atoms with E-state index in [0.29, 0.717) is 51.6 Å². The molecular weight excluding hydrogens is 1160 g/mol.